The highest BCUT2D eigenvalue weighted by molar-refractivity contribution is 6.32. The van der Waals surface area contributed by atoms with Gasteiger partial charge in [-0.25, -0.2) is 0 Å². The molecular weight excluding hydrogens is 447 g/mol. The van der Waals surface area contributed by atoms with E-state index < -0.39 is 5.41 Å². The maximum Gasteiger partial charge on any atom is 0.310 e. The molecule has 2 rings (SSSR count). The molecule has 0 saturated heterocycles. The van der Waals surface area contributed by atoms with Gasteiger partial charge in [-0.2, -0.15) is 0 Å². The SMILES string of the molecule is CCC(CC)(c1ccc(CC(=O)OC)c(Cl)c1)c1ccc(OCC(=O)C(C)(C)C)c(Cl)c1. The summed E-state index contributed by atoms with van der Waals surface area (Å²) in [6, 6.07) is 11.5. The van der Waals surface area contributed by atoms with Gasteiger partial charge in [0.2, 0.25) is 0 Å². The van der Waals surface area contributed by atoms with Crippen LogP contribution in [-0.2, 0) is 26.2 Å². The van der Waals surface area contributed by atoms with E-state index >= 15 is 0 Å². The van der Waals surface area contributed by atoms with Gasteiger partial charge in [-0.1, -0.05) is 76.0 Å². The summed E-state index contributed by atoms with van der Waals surface area (Å²) < 4.78 is 10.5. The van der Waals surface area contributed by atoms with Crippen LogP contribution in [0.5, 0.6) is 5.75 Å². The Labute approximate surface area is 201 Å². The molecule has 2 aromatic rings. The van der Waals surface area contributed by atoms with E-state index in [0.29, 0.717) is 15.8 Å². The quantitative estimate of drug-likeness (QED) is 0.371. The maximum absolute atomic E-state index is 12.2. The Morgan fingerprint density at radius 2 is 1.47 bits per heavy atom. The Morgan fingerprint density at radius 3 is 1.94 bits per heavy atom. The summed E-state index contributed by atoms with van der Waals surface area (Å²) in [6.45, 7) is 9.82. The van der Waals surface area contributed by atoms with Crippen molar-refractivity contribution in [2.24, 2.45) is 5.41 Å². The smallest absolute Gasteiger partial charge is 0.310 e. The number of esters is 1. The molecule has 0 spiro atoms. The van der Waals surface area contributed by atoms with Gasteiger partial charge < -0.3 is 9.47 Å². The lowest BCUT2D eigenvalue weighted by molar-refractivity contribution is -0.139. The summed E-state index contributed by atoms with van der Waals surface area (Å²) in [5, 5.41) is 0.995. The lowest BCUT2D eigenvalue weighted by Gasteiger charge is -2.34. The largest absolute Gasteiger partial charge is 0.484 e. The monoisotopic (exact) mass is 478 g/mol. The molecule has 0 amide bonds. The molecule has 0 atom stereocenters. The summed E-state index contributed by atoms with van der Waals surface area (Å²) in [6.07, 6.45) is 1.79. The standard InChI is InChI=1S/C26H32Cl2O4/c1-7-26(8-2,18-10-9-17(20(27)14-18)13-24(30)31-6)19-11-12-22(21(28)15-19)32-16-23(29)25(3,4)5/h9-12,14-15H,7-8,13,16H2,1-6H3. The van der Waals surface area contributed by atoms with Crippen LogP contribution < -0.4 is 4.74 Å². The lowest BCUT2D eigenvalue weighted by atomic mass is 9.70. The van der Waals surface area contributed by atoms with E-state index in [-0.39, 0.29) is 30.2 Å². The molecule has 0 bridgehead atoms. The first-order valence-electron chi connectivity index (χ1n) is 10.8. The molecule has 0 radical (unpaired) electrons. The Morgan fingerprint density at radius 1 is 0.906 bits per heavy atom. The third kappa shape index (κ3) is 5.85. The first-order chi connectivity index (χ1) is 15.0. The minimum atomic E-state index is -0.467. The number of ether oxygens (including phenoxy) is 2. The second-order valence-corrected chi connectivity index (χ2v) is 9.77. The number of carbonyl (C=O) groups excluding carboxylic acids is 2. The average Bonchev–Trinajstić information content (AvgIpc) is 2.75. The van der Waals surface area contributed by atoms with E-state index in [9.17, 15) is 9.59 Å². The van der Waals surface area contributed by atoms with Crippen LogP contribution in [0.15, 0.2) is 36.4 Å². The number of hydrogen-bond donors (Lipinski definition) is 0. The zero-order chi connectivity index (χ0) is 24.1. The fraction of sp³-hybridized carbons (Fsp3) is 0.462. The minimum absolute atomic E-state index is 0.00999. The summed E-state index contributed by atoms with van der Waals surface area (Å²) >= 11 is 13.1. The van der Waals surface area contributed by atoms with Crippen LogP contribution in [0.3, 0.4) is 0 Å². The topological polar surface area (TPSA) is 52.6 Å². The van der Waals surface area contributed by atoms with Crippen molar-refractivity contribution in [3.63, 3.8) is 0 Å². The highest BCUT2D eigenvalue weighted by Crippen LogP contribution is 2.42. The molecule has 0 saturated carbocycles. The van der Waals surface area contributed by atoms with Crippen molar-refractivity contribution in [3.8, 4) is 5.75 Å². The highest BCUT2D eigenvalue weighted by Gasteiger charge is 2.32. The molecule has 6 heteroatoms. The normalized spacial score (nSPS) is 11.9. The first-order valence-corrected chi connectivity index (χ1v) is 11.6. The van der Waals surface area contributed by atoms with Gasteiger partial charge in [0, 0.05) is 15.9 Å². The molecule has 0 aliphatic rings. The van der Waals surface area contributed by atoms with Gasteiger partial charge in [-0.15, -0.1) is 0 Å². The van der Waals surface area contributed by atoms with Gasteiger partial charge in [-0.3, -0.25) is 9.59 Å². The maximum atomic E-state index is 12.2. The first kappa shape index (κ1) is 26.2. The fourth-order valence-corrected chi connectivity index (χ4v) is 4.21. The fourth-order valence-electron chi connectivity index (χ4n) is 3.72. The van der Waals surface area contributed by atoms with Gasteiger partial charge >= 0.3 is 5.97 Å². The molecule has 0 fully saturated rings. The van der Waals surface area contributed by atoms with Crippen molar-refractivity contribution >= 4 is 35.0 Å². The van der Waals surface area contributed by atoms with E-state index in [1.807, 2.05) is 57.2 Å². The van der Waals surface area contributed by atoms with Gasteiger partial charge in [0.1, 0.15) is 12.4 Å². The number of hydrogen-bond acceptors (Lipinski definition) is 4. The predicted molar refractivity (Wildman–Crippen MR) is 130 cm³/mol. The number of methoxy groups -OCH3 is 1. The number of halogens is 2. The zero-order valence-electron chi connectivity index (χ0n) is 19.7. The molecule has 174 valence electrons. The molecule has 32 heavy (non-hydrogen) atoms. The Kier molecular flexibility index (Phi) is 8.78. The third-order valence-corrected chi connectivity index (χ3v) is 6.70. The molecule has 0 unspecified atom stereocenters. The van der Waals surface area contributed by atoms with Crippen molar-refractivity contribution in [1.82, 2.24) is 0 Å². The van der Waals surface area contributed by atoms with E-state index in [1.165, 1.54) is 7.11 Å². The molecule has 0 aliphatic heterocycles. The van der Waals surface area contributed by atoms with Crippen LogP contribution in [0.2, 0.25) is 10.0 Å². The van der Waals surface area contributed by atoms with Gasteiger partial charge in [0.05, 0.1) is 18.6 Å². The van der Waals surface area contributed by atoms with Crippen LogP contribution in [0.25, 0.3) is 0 Å². The second-order valence-electron chi connectivity index (χ2n) is 8.96. The van der Waals surface area contributed by atoms with Crippen molar-refractivity contribution in [3.05, 3.63) is 63.1 Å². The summed E-state index contributed by atoms with van der Waals surface area (Å²) in [5.41, 5.74) is 2.04. The summed E-state index contributed by atoms with van der Waals surface area (Å²) in [5.74, 6) is 0.167. The molecular formula is C26H32Cl2O4. The van der Waals surface area contributed by atoms with E-state index in [0.717, 1.165) is 29.5 Å². The number of carbonyl (C=O) groups is 2. The lowest BCUT2D eigenvalue weighted by Crippen LogP contribution is -2.27. The van der Waals surface area contributed by atoms with Gasteiger partial charge in [0.15, 0.2) is 5.78 Å². The van der Waals surface area contributed by atoms with Gasteiger partial charge in [0.25, 0.3) is 0 Å². The summed E-state index contributed by atoms with van der Waals surface area (Å²) in [4.78, 5) is 23.8. The Balaban J connectivity index is 2.37. The van der Waals surface area contributed by atoms with Crippen LogP contribution in [0, 0.1) is 5.41 Å². The van der Waals surface area contributed by atoms with Crippen molar-refractivity contribution in [2.75, 3.05) is 13.7 Å². The van der Waals surface area contributed by atoms with Crippen molar-refractivity contribution in [2.45, 2.75) is 59.3 Å². The van der Waals surface area contributed by atoms with Crippen LogP contribution >= 0.6 is 23.2 Å². The molecule has 0 heterocycles. The van der Waals surface area contributed by atoms with Crippen LogP contribution in [0.1, 0.15) is 64.2 Å². The highest BCUT2D eigenvalue weighted by atomic mass is 35.5. The molecule has 0 aliphatic carbocycles. The van der Waals surface area contributed by atoms with Crippen molar-refractivity contribution in [1.29, 1.82) is 0 Å². The minimum Gasteiger partial charge on any atom is -0.484 e. The Hall–Kier alpha value is -2.04. The molecule has 0 aromatic heterocycles. The Bertz CT molecular complexity index is 972. The number of rotatable bonds is 9. The molecule has 4 nitrogen and oxygen atoms in total. The number of ketones is 1. The van der Waals surface area contributed by atoms with E-state index in [2.05, 4.69) is 13.8 Å². The predicted octanol–water partition coefficient (Wildman–Crippen LogP) is 6.81. The second kappa shape index (κ2) is 10.7. The van der Waals surface area contributed by atoms with Crippen LogP contribution in [-0.4, -0.2) is 25.5 Å². The van der Waals surface area contributed by atoms with E-state index in [1.54, 1.807) is 0 Å². The molecule has 0 N–H and O–H groups in total. The van der Waals surface area contributed by atoms with Gasteiger partial charge in [-0.05, 0) is 47.7 Å². The average molecular weight is 479 g/mol. The number of benzene rings is 2. The number of Topliss-reactive ketones (excluding diaryl/α,β-unsaturated/α-hetero) is 1. The van der Waals surface area contributed by atoms with Crippen molar-refractivity contribution < 1.29 is 19.1 Å². The zero-order valence-corrected chi connectivity index (χ0v) is 21.2. The third-order valence-electron chi connectivity index (χ3n) is 6.05. The van der Waals surface area contributed by atoms with E-state index in [4.69, 9.17) is 32.7 Å². The summed E-state index contributed by atoms with van der Waals surface area (Å²) in [7, 11) is 1.36. The molecule has 2 aromatic carbocycles. The van der Waals surface area contributed by atoms with Crippen LogP contribution in [0.4, 0.5) is 0 Å².